The van der Waals surface area contributed by atoms with Gasteiger partial charge in [0.25, 0.3) is 21.8 Å². The molecule has 130 valence electrons. The van der Waals surface area contributed by atoms with Gasteiger partial charge in [-0.15, -0.1) is 0 Å². The minimum absolute atomic E-state index is 0.0762. The molecule has 3 rings (SSSR count). The molecule has 2 aliphatic heterocycles. The van der Waals surface area contributed by atoms with Gasteiger partial charge in [-0.05, 0) is 57.0 Å². The monoisotopic (exact) mass is 351 g/mol. The van der Waals surface area contributed by atoms with E-state index in [9.17, 15) is 18.0 Å². The molecule has 0 spiro atoms. The van der Waals surface area contributed by atoms with Crippen molar-refractivity contribution in [2.24, 2.45) is 5.92 Å². The van der Waals surface area contributed by atoms with E-state index in [4.69, 9.17) is 0 Å². The van der Waals surface area contributed by atoms with E-state index in [1.54, 1.807) is 6.92 Å². The predicted octanol–water partition coefficient (Wildman–Crippen LogP) is 0.580. The van der Waals surface area contributed by atoms with Crippen molar-refractivity contribution in [2.45, 2.75) is 24.7 Å². The van der Waals surface area contributed by atoms with Gasteiger partial charge < -0.3 is 10.6 Å². The quantitative estimate of drug-likeness (QED) is 0.809. The van der Waals surface area contributed by atoms with Crippen molar-refractivity contribution in [2.75, 3.05) is 26.2 Å². The summed E-state index contributed by atoms with van der Waals surface area (Å²) in [7, 11) is -3.84. The van der Waals surface area contributed by atoms with E-state index in [2.05, 4.69) is 10.6 Å². The van der Waals surface area contributed by atoms with Gasteiger partial charge >= 0.3 is 0 Å². The summed E-state index contributed by atoms with van der Waals surface area (Å²) in [5, 5.41) is 6.10. The zero-order valence-corrected chi connectivity index (χ0v) is 14.4. The number of benzene rings is 1. The molecular weight excluding hydrogens is 330 g/mol. The minimum Gasteiger partial charge on any atom is -0.352 e. The lowest BCUT2D eigenvalue weighted by molar-refractivity contribution is 0.0874. The van der Waals surface area contributed by atoms with E-state index in [-0.39, 0.29) is 28.5 Å². The number of hydrogen-bond donors (Lipinski definition) is 2. The molecule has 24 heavy (non-hydrogen) atoms. The SMILES string of the molecule is CCN1C(=O)c2ccc(C(=O)NCCC3CCNC3)cc2S1(=O)=O. The van der Waals surface area contributed by atoms with Gasteiger partial charge in [0.15, 0.2) is 0 Å². The largest absolute Gasteiger partial charge is 0.352 e. The van der Waals surface area contributed by atoms with Gasteiger partial charge in [-0.2, -0.15) is 0 Å². The van der Waals surface area contributed by atoms with Crippen LogP contribution in [0.5, 0.6) is 0 Å². The Morgan fingerprint density at radius 2 is 2.21 bits per heavy atom. The summed E-state index contributed by atoms with van der Waals surface area (Å²) >= 11 is 0. The molecule has 1 saturated heterocycles. The summed E-state index contributed by atoms with van der Waals surface area (Å²) in [6.07, 6.45) is 2.01. The van der Waals surface area contributed by atoms with Gasteiger partial charge in [0.1, 0.15) is 4.90 Å². The third kappa shape index (κ3) is 2.91. The van der Waals surface area contributed by atoms with E-state index in [0.717, 1.165) is 30.2 Å². The molecule has 0 aliphatic carbocycles. The van der Waals surface area contributed by atoms with Crippen LogP contribution < -0.4 is 10.6 Å². The van der Waals surface area contributed by atoms with Gasteiger partial charge in [0, 0.05) is 18.7 Å². The summed E-state index contributed by atoms with van der Waals surface area (Å²) in [6, 6.07) is 4.21. The minimum atomic E-state index is -3.84. The zero-order chi connectivity index (χ0) is 17.3. The topological polar surface area (TPSA) is 95.6 Å². The van der Waals surface area contributed by atoms with Crippen LogP contribution in [0.3, 0.4) is 0 Å². The maximum Gasteiger partial charge on any atom is 0.268 e. The zero-order valence-electron chi connectivity index (χ0n) is 13.5. The molecule has 0 radical (unpaired) electrons. The number of sulfonamides is 1. The molecule has 1 atom stereocenters. The van der Waals surface area contributed by atoms with Crippen molar-refractivity contribution in [1.29, 1.82) is 0 Å². The smallest absolute Gasteiger partial charge is 0.268 e. The van der Waals surface area contributed by atoms with Crippen molar-refractivity contribution in [1.82, 2.24) is 14.9 Å². The fourth-order valence-electron chi connectivity index (χ4n) is 3.18. The highest BCUT2D eigenvalue weighted by molar-refractivity contribution is 7.90. The summed E-state index contributed by atoms with van der Waals surface area (Å²) in [4.78, 5) is 24.2. The fourth-order valence-corrected chi connectivity index (χ4v) is 4.79. The second-order valence-corrected chi connectivity index (χ2v) is 7.92. The second kappa shape index (κ2) is 6.52. The summed E-state index contributed by atoms with van der Waals surface area (Å²) in [5.41, 5.74) is 0.387. The highest BCUT2D eigenvalue weighted by atomic mass is 32.2. The number of nitrogens with one attached hydrogen (secondary N) is 2. The van der Waals surface area contributed by atoms with Crippen LogP contribution in [-0.2, 0) is 10.0 Å². The number of carbonyl (C=O) groups is 2. The maximum absolute atomic E-state index is 12.4. The average Bonchev–Trinajstić information content (AvgIpc) is 3.13. The first-order chi connectivity index (χ1) is 11.4. The normalized spacial score (nSPS) is 21.8. The highest BCUT2D eigenvalue weighted by Gasteiger charge is 2.40. The van der Waals surface area contributed by atoms with Crippen LogP contribution in [0.4, 0.5) is 0 Å². The van der Waals surface area contributed by atoms with Crippen LogP contribution in [0.15, 0.2) is 23.1 Å². The van der Waals surface area contributed by atoms with E-state index in [0.29, 0.717) is 12.5 Å². The first kappa shape index (κ1) is 16.9. The molecule has 7 nitrogen and oxygen atoms in total. The molecule has 1 fully saturated rings. The van der Waals surface area contributed by atoms with Crippen molar-refractivity contribution < 1.29 is 18.0 Å². The van der Waals surface area contributed by atoms with Crippen LogP contribution >= 0.6 is 0 Å². The van der Waals surface area contributed by atoms with E-state index in [1.807, 2.05) is 0 Å². The number of amides is 2. The molecule has 1 aromatic carbocycles. The lowest BCUT2D eigenvalue weighted by Gasteiger charge is -2.11. The molecule has 2 N–H and O–H groups in total. The maximum atomic E-state index is 12.4. The molecule has 0 aromatic heterocycles. The summed E-state index contributed by atoms with van der Waals surface area (Å²) < 4.78 is 25.5. The Morgan fingerprint density at radius 1 is 1.42 bits per heavy atom. The Kier molecular flexibility index (Phi) is 4.60. The molecule has 0 saturated carbocycles. The Morgan fingerprint density at radius 3 is 2.88 bits per heavy atom. The Balaban J connectivity index is 1.72. The molecule has 1 unspecified atom stereocenters. The van der Waals surface area contributed by atoms with Crippen molar-refractivity contribution in [3.05, 3.63) is 29.3 Å². The van der Waals surface area contributed by atoms with Gasteiger partial charge in [-0.25, -0.2) is 12.7 Å². The van der Waals surface area contributed by atoms with Crippen molar-refractivity contribution >= 4 is 21.8 Å². The van der Waals surface area contributed by atoms with Gasteiger partial charge in [0.05, 0.1) is 5.56 Å². The average molecular weight is 351 g/mol. The third-order valence-corrected chi connectivity index (χ3v) is 6.45. The molecule has 8 heteroatoms. The Labute approximate surface area is 141 Å². The number of fused-ring (bicyclic) bond motifs is 1. The number of hydrogen-bond acceptors (Lipinski definition) is 5. The van der Waals surface area contributed by atoms with E-state index >= 15 is 0 Å². The van der Waals surface area contributed by atoms with E-state index < -0.39 is 15.9 Å². The standard InChI is InChI=1S/C16H21N3O4S/c1-2-19-16(21)13-4-3-12(9-14(13)24(19,22)23)15(20)18-8-6-11-5-7-17-10-11/h3-4,9,11,17H,2,5-8,10H2,1H3,(H,18,20). The van der Waals surface area contributed by atoms with Crippen LogP contribution in [0, 0.1) is 5.92 Å². The van der Waals surface area contributed by atoms with Gasteiger partial charge in [-0.3, -0.25) is 9.59 Å². The Hall–Kier alpha value is -1.93. The molecule has 2 heterocycles. The highest BCUT2D eigenvalue weighted by Crippen LogP contribution is 2.30. The Bertz CT molecular complexity index is 770. The lowest BCUT2D eigenvalue weighted by Crippen LogP contribution is -2.29. The molecule has 1 aromatic rings. The number of rotatable bonds is 5. The van der Waals surface area contributed by atoms with Gasteiger partial charge in [0.2, 0.25) is 0 Å². The third-order valence-electron chi connectivity index (χ3n) is 4.56. The summed E-state index contributed by atoms with van der Waals surface area (Å²) in [5.74, 6) is -0.282. The van der Waals surface area contributed by atoms with Crippen molar-refractivity contribution in [3.8, 4) is 0 Å². The fraction of sp³-hybridized carbons (Fsp3) is 0.500. The first-order valence-corrected chi connectivity index (χ1v) is 9.59. The lowest BCUT2D eigenvalue weighted by atomic mass is 10.1. The first-order valence-electron chi connectivity index (χ1n) is 8.15. The van der Waals surface area contributed by atoms with Crippen LogP contribution in [0.2, 0.25) is 0 Å². The van der Waals surface area contributed by atoms with Crippen LogP contribution in [0.25, 0.3) is 0 Å². The molecule has 2 amide bonds. The summed E-state index contributed by atoms with van der Waals surface area (Å²) in [6.45, 7) is 4.22. The predicted molar refractivity (Wildman–Crippen MR) is 88.3 cm³/mol. The molecular formula is C16H21N3O4S. The van der Waals surface area contributed by atoms with Crippen LogP contribution in [-0.4, -0.2) is 50.7 Å². The number of carbonyl (C=O) groups excluding carboxylic acids is 2. The second-order valence-electron chi connectivity index (χ2n) is 6.09. The molecule has 2 aliphatic rings. The van der Waals surface area contributed by atoms with Crippen molar-refractivity contribution in [3.63, 3.8) is 0 Å². The molecule has 0 bridgehead atoms. The van der Waals surface area contributed by atoms with Gasteiger partial charge in [-0.1, -0.05) is 0 Å². The number of nitrogens with zero attached hydrogens (tertiary/aromatic N) is 1. The van der Waals surface area contributed by atoms with Crippen LogP contribution in [0.1, 0.15) is 40.5 Å². The van der Waals surface area contributed by atoms with E-state index in [1.165, 1.54) is 18.2 Å².